The lowest BCUT2D eigenvalue weighted by Crippen LogP contribution is -2.12. The minimum absolute atomic E-state index is 0.0277. The fourth-order valence-electron chi connectivity index (χ4n) is 0.984. The summed E-state index contributed by atoms with van der Waals surface area (Å²) in [6.07, 6.45) is -7.75. The van der Waals surface area contributed by atoms with E-state index >= 15 is 0 Å². The van der Waals surface area contributed by atoms with Crippen LogP contribution in [0, 0.1) is 6.92 Å². The second-order valence-corrected chi connectivity index (χ2v) is 3.66. The maximum atomic E-state index is 12.3. The Bertz CT molecular complexity index is 374. The van der Waals surface area contributed by atoms with E-state index in [1.165, 1.54) is 0 Å². The lowest BCUT2D eigenvalue weighted by atomic mass is 10.2. The molecule has 0 aliphatic heterocycles. The number of alkyl halides is 5. The van der Waals surface area contributed by atoms with Crippen LogP contribution in [0.2, 0.25) is 0 Å². The Hall–Kier alpha value is -0.720. The molecule has 7 heteroatoms. The van der Waals surface area contributed by atoms with Gasteiger partial charge in [-0.05, 0) is 18.6 Å². The number of hydrogen-bond acceptors (Lipinski definition) is 1. The van der Waals surface area contributed by atoms with Crippen LogP contribution in [0.5, 0.6) is 0 Å². The summed E-state index contributed by atoms with van der Waals surface area (Å²) in [6, 6.07) is 0.884. The highest BCUT2D eigenvalue weighted by Gasteiger charge is 2.36. The average Bonchev–Trinajstić information content (AvgIpc) is 2.06. The highest BCUT2D eigenvalue weighted by Crippen LogP contribution is 2.35. The maximum absolute atomic E-state index is 12.3. The first kappa shape index (κ1) is 12.4. The van der Waals surface area contributed by atoms with Crippen molar-refractivity contribution in [3.05, 3.63) is 27.5 Å². The molecule has 1 rings (SSSR count). The molecule has 0 saturated carbocycles. The Kier molecular flexibility index (Phi) is 3.32. The van der Waals surface area contributed by atoms with Crippen LogP contribution in [-0.2, 0) is 6.18 Å². The second-order valence-electron chi connectivity index (χ2n) is 2.80. The molecule has 0 fully saturated rings. The van der Waals surface area contributed by atoms with Gasteiger partial charge in [0.1, 0.15) is 11.4 Å². The van der Waals surface area contributed by atoms with Crippen molar-refractivity contribution < 1.29 is 22.0 Å². The molecule has 0 aliphatic carbocycles. The lowest BCUT2D eigenvalue weighted by molar-refractivity contribution is -0.142. The van der Waals surface area contributed by atoms with Crippen molar-refractivity contribution in [1.29, 1.82) is 0 Å². The third kappa shape index (κ3) is 2.64. The summed E-state index contributed by atoms with van der Waals surface area (Å²) in [6.45, 7) is 1.16. The summed E-state index contributed by atoms with van der Waals surface area (Å²) in [5, 5.41) is 0. The predicted octanol–water partition coefficient (Wildman–Crippen LogP) is 4.11. The fourth-order valence-corrected chi connectivity index (χ4v) is 1.41. The van der Waals surface area contributed by atoms with Crippen LogP contribution >= 0.6 is 15.9 Å². The Morgan fingerprint density at radius 3 is 2.27 bits per heavy atom. The molecule has 0 bridgehead atoms. The highest BCUT2D eigenvalue weighted by atomic mass is 79.9. The fraction of sp³-hybridized carbons (Fsp3) is 0.375. The van der Waals surface area contributed by atoms with Gasteiger partial charge in [0, 0.05) is 4.47 Å². The Balaban J connectivity index is 3.38. The van der Waals surface area contributed by atoms with Crippen molar-refractivity contribution in [2.75, 3.05) is 0 Å². The Labute approximate surface area is 90.4 Å². The van der Waals surface area contributed by atoms with E-state index in [4.69, 9.17) is 0 Å². The van der Waals surface area contributed by atoms with E-state index in [9.17, 15) is 22.0 Å². The van der Waals surface area contributed by atoms with Crippen molar-refractivity contribution in [3.63, 3.8) is 0 Å². The van der Waals surface area contributed by atoms with E-state index in [0.717, 1.165) is 13.0 Å². The summed E-state index contributed by atoms with van der Waals surface area (Å²) in [5.74, 6) is 0. The summed E-state index contributed by atoms with van der Waals surface area (Å²) in [7, 11) is 0. The van der Waals surface area contributed by atoms with Gasteiger partial charge in [0.25, 0.3) is 6.43 Å². The van der Waals surface area contributed by atoms with E-state index in [1.54, 1.807) is 0 Å². The van der Waals surface area contributed by atoms with Gasteiger partial charge in [0.15, 0.2) is 0 Å². The zero-order chi connectivity index (χ0) is 11.8. The molecule has 0 spiro atoms. The molecule has 0 N–H and O–H groups in total. The van der Waals surface area contributed by atoms with Crippen LogP contribution in [0.4, 0.5) is 22.0 Å². The van der Waals surface area contributed by atoms with Gasteiger partial charge in [-0.3, -0.25) is 0 Å². The zero-order valence-corrected chi connectivity index (χ0v) is 8.96. The monoisotopic (exact) mass is 289 g/mol. The first-order valence-corrected chi connectivity index (χ1v) is 4.55. The van der Waals surface area contributed by atoms with Crippen LogP contribution in [-0.4, -0.2) is 4.98 Å². The first-order chi connectivity index (χ1) is 6.73. The molecule has 0 aliphatic rings. The van der Waals surface area contributed by atoms with Gasteiger partial charge in [-0.1, -0.05) is 15.9 Å². The maximum Gasteiger partial charge on any atom is 0.433 e. The van der Waals surface area contributed by atoms with Gasteiger partial charge >= 0.3 is 6.18 Å². The molecular weight excluding hydrogens is 285 g/mol. The summed E-state index contributed by atoms with van der Waals surface area (Å²) in [4.78, 5) is 2.90. The van der Waals surface area contributed by atoms with Crippen molar-refractivity contribution in [2.24, 2.45) is 0 Å². The molecule has 84 valence electrons. The molecule has 1 heterocycles. The van der Waals surface area contributed by atoms with Crippen molar-refractivity contribution in [3.8, 4) is 0 Å². The van der Waals surface area contributed by atoms with E-state index < -0.39 is 24.0 Å². The van der Waals surface area contributed by atoms with Crippen molar-refractivity contribution in [1.82, 2.24) is 4.98 Å². The predicted molar refractivity (Wildman–Crippen MR) is 46.6 cm³/mol. The van der Waals surface area contributed by atoms with Crippen LogP contribution in [0.15, 0.2) is 10.5 Å². The first-order valence-electron chi connectivity index (χ1n) is 3.76. The smallest absolute Gasteiger partial charge is 0.242 e. The molecule has 0 radical (unpaired) electrons. The molecule has 0 atom stereocenters. The number of hydrogen-bond donors (Lipinski definition) is 0. The van der Waals surface area contributed by atoms with E-state index in [1.807, 2.05) is 0 Å². The topological polar surface area (TPSA) is 12.9 Å². The van der Waals surface area contributed by atoms with Gasteiger partial charge in [0.2, 0.25) is 0 Å². The summed E-state index contributed by atoms with van der Waals surface area (Å²) >= 11 is 2.78. The number of halogens is 6. The molecular formula is C8H5BrF5N. The Morgan fingerprint density at radius 2 is 1.87 bits per heavy atom. The summed E-state index contributed by atoms with van der Waals surface area (Å²) in [5.41, 5.74) is -2.38. The molecule has 15 heavy (non-hydrogen) atoms. The van der Waals surface area contributed by atoms with Crippen LogP contribution in [0.3, 0.4) is 0 Å². The molecule has 1 nitrogen and oxygen atoms in total. The molecule has 1 aromatic rings. The van der Waals surface area contributed by atoms with Gasteiger partial charge < -0.3 is 0 Å². The largest absolute Gasteiger partial charge is 0.433 e. The molecule has 0 saturated heterocycles. The standard InChI is InChI=1S/C8H5BrF5N/c1-3-4(9)2-5(7(10)11)15-6(3)8(12,13)14/h2,7H,1H3. The number of nitrogens with zero attached hydrogens (tertiary/aromatic N) is 1. The minimum Gasteiger partial charge on any atom is -0.242 e. The van der Waals surface area contributed by atoms with Crippen LogP contribution < -0.4 is 0 Å². The minimum atomic E-state index is -4.72. The zero-order valence-electron chi connectivity index (χ0n) is 7.37. The van der Waals surface area contributed by atoms with Crippen molar-refractivity contribution >= 4 is 15.9 Å². The highest BCUT2D eigenvalue weighted by molar-refractivity contribution is 9.10. The van der Waals surface area contributed by atoms with Gasteiger partial charge in [-0.2, -0.15) is 13.2 Å². The third-order valence-electron chi connectivity index (χ3n) is 1.72. The number of aromatic nitrogens is 1. The van der Waals surface area contributed by atoms with Gasteiger partial charge in [-0.15, -0.1) is 0 Å². The van der Waals surface area contributed by atoms with Gasteiger partial charge in [0.05, 0.1) is 0 Å². The molecule has 1 aromatic heterocycles. The second kappa shape index (κ2) is 4.03. The van der Waals surface area contributed by atoms with E-state index in [-0.39, 0.29) is 10.0 Å². The van der Waals surface area contributed by atoms with Gasteiger partial charge in [-0.25, -0.2) is 13.8 Å². The van der Waals surface area contributed by atoms with Crippen molar-refractivity contribution in [2.45, 2.75) is 19.5 Å². The molecule has 0 aromatic carbocycles. The Morgan fingerprint density at radius 1 is 1.33 bits per heavy atom. The van der Waals surface area contributed by atoms with E-state index in [0.29, 0.717) is 0 Å². The third-order valence-corrected chi connectivity index (χ3v) is 2.54. The SMILES string of the molecule is Cc1c(Br)cc(C(F)F)nc1C(F)(F)F. The van der Waals surface area contributed by atoms with E-state index in [2.05, 4.69) is 20.9 Å². The molecule has 0 unspecified atom stereocenters. The average molecular weight is 290 g/mol. The normalized spacial score (nSPS) is 12.3. The van der Waals surface area contributed by atoms with Crippen LogP contribution in [0.25, 0.3) is 0 Å². The summed E-state index contributed by atoms with van der Waals surface area (Å²) < 4.78 is 61.4. The number of pyridine rings is 1. The number of rotatable bonds is 1. The molecule has 0 amide bonds. The van der Waals surface area contributed by atoms with Crippen LogP contribution in [0.1, 0.15) is 23.4 Å². The lowest BCUT2D eigenvalue weighted by Gasteiger charge is -2.12. The quantitative estimate of drug-likeness (QED) is 0.709.